The van der Waals surface area contributed by atoms with Crippen LogP contribution in [0.25, 0.3) is 0 Å². The standard InChI is InChI=1S/C17H20N2O2/c1-11(2)13-5-4-6-14(10-13)21-15-7-8-16(12(3)9-15)17(18)19-20/h4-11,20H,1-3H3,(H2,18,19). The van der Waals surface area contributed by atoms with Gasteiger partial charge in [0.25, 0.3) is 0 Å². The van der Waals surface area contributed by atoms with E-state index in [2.05, 4.69) is 25.1 Å². The van der Waals surface area contributed by atoms with E-state index in [1.54, 1.807) is 6.07 Å². The van der Waals surface area contributed by atoms with Crippen LogP contribution in [0, 0.1) is 6.92 Å². The Morgan fingerprint density at radius 2 is 1.86 bits per heavy atom. The van der Waals surface area contributed by atoms with Crippen molar-refractivity contribution in [3.8, 4) is 11.5 Å². The molecule has 2 rings (SSSR count). The number of nitrogens with zero attached hydrogens (tertiary/aromatic N) is 1. The van der Waals surface area contributed by atoms with Gasteiger partial charge in [0, 0.05) is 5.56 Å². The van der Waals surface area contributed by atoms with Gasteiger partial charge in [-0.2, -0.15) is 0 Å². The van der Waals surface area contributed by atoms with Gasteiger partial charge in [-0.3, -0.25) is 0 Å². The van der Waals surface area contributed by atoms with Gasteiger partial charge < -0.3 is 15.7 Å². The number of amidine groups is 1. The molecule has 4 nitrogen and oxygen atoms in total. The molecule has 0 saturated carbocycles. The zero-order chi connectivity index (χ0) is 15.4. The molecule has 0 aliphatic carbocycles. The lowest BCUT2D eigenvalue weighted by atomic mass is 10.0. The molecule has 0 aliphatic rings. The maximum absolute atomic E-state index is 8.73. The van der Waals surface area contributed by atoms with Gasteiger partial charge >= 0.3 is 0 Å². The van der Waals surface area contributed by atoms with E-state index in [9.17, 15) is 0 Å². The predicted octanol–water partition coefficient (Wildman–Crippen LogP) is 4.01. The lowest BCUT2D eigenvalue weighted by molar-refractivity contribution is 0.318. The van der Waals surface area contributed by atoms with Gasteiger partial charge in [-0.15, -0.1) is 0 Å². The van der Waals surface area contributed by atoms with E-state index in [0.29, 0.717) is 11.5 Å². The van der Waals surface area contributed by atoms with Gasteiger partial charge in [-0.25, -0.2) is 0 Å². The highest BCUT2D eigenvalue weighted by atomic mass is 16.5. The molecule has 0 aromatic heterocycles. The summed E-state index contributed by atoms with van der Waals surface area (Å²) in [5.74, 6) is 2.08. The van der Waals surface area contributed by atoms with Crippen molar-refractivity contribution in [1.29, 1.82) is 0 Å². The second-order valence-corrected chi connectivity index (χ2v) is 5.29. The third-order valence-electron chi connectivity index (χ3n) is 3.34. The van der Waals surface area contributed by atoms with Gasteiger partial charge in [0.2, 0.25) is 0 Å². The second-order valence-electron chi connectivity index (χ2n) is 5.29. The molecule has 0 aliphatic heterocycles. The van der Waals surface area contributed by atoms with Crippen LogP contribution >= 0.6 is 0 Å². The minimum absolute atomic E-state index is 0.0980. The Bertz CT molecular complexity index is 664. The molecule has 0 spiro atoms. The Kier molecular flexibility index (Phi) is 4.48. The van der Waals surface area contributed by atoms with Crippen molar-refractivity contribution in [2.75, 3.05) is 0 Å². The molecule has 21 heavy (non-hydrogen) atoms. The molecule has 0 fully saturated rings. The van der Waals surface area contributed by atoms with Crippen LogP contribution in [0.3, 0.4) is 0 Å². The third-order valence-corrected chi connectivity index (χ3v) is 3.34. The average molecular weight is 284 g/mol. The molecule has 2 aromatic rings. The van der Waals surface area contributed by atoms with Crippen molar-refractivity contribution in [2.45, 2.75) is 26.7 Å². The first-order valence-electron chi connectivity index (χ1n) is 6.87. The summed E-state index contributed by atoms with van der Waals surface area (Å²) in [6.45, 7) is 6.19. The first-order chi connectivity index (χ1) is 10.0. The van der Waals surface area contributed by atoms with Gasteiger partial charge in [0.15, 0.2) is 5.84 Å². The molecular weight excluding hydrogens is 264 g/mol. The fourth-order valence-electron chi connectivity index (χ4n) is 2.11. The molecule has 110 valence electrons. The van der Waals surface area contributed by atoms with Crippen LogP contribution in [0.5, 0.6) is 11.5 Å². The van der Waals surface area contributed by atoms with Gasteiger partial charge in [0.1, 0.15) is 11.5 Å². The van der Waals surface area contributed by atoms with Crippen molar-refractivity contribution in [2.24, 2.45) is 10.9 Å². The zero-order valence-corrected chi connectivity index (χ0v) is 12.5. The average Bonchev–Trinajstić information content (AvgIpc) is 2.47. The third kappa shape index (κ3) is 3.54. The number of hydrogen-bond acceptors (Lipinski definition) is 3. The molecule has 0 amide bonds. The summed E-state index contributed by atoms with van der Waals surface area (Å²) in [5.41, 5.74) is 8.43. The first-order valence-corrected chi connectivity index (χ1v) is 6.87. The summed E-state index contributed by atoms with van der Waals surface area (Å²) in [7, 11) is 0. The van der Waals surface area contributed by atoms with E-state index in [4.69, 9.17) is 15.7 Å². The molecule has 4 heteroatoms. The van der Waals surface area contributed by atoms with E-state index in [1.165, 1.54) is 5.56 Å². The SMILES string of the molecule is Cc1cc(Oc2cccc(C(C)C)c2)ccc1/C(N)=N/O. The predicted molar refractivity (Wildman–Crippen MR) is 84.3 cm³/mol. The second kappa shape index (κ2) is 6.31. The number of rotatable bonds is 4. The summed E-state index contributed by atoms with van der Waals surface area (Å²) in [6.07, 6.45) is 0. The Hall–Kier alpha value is -2.49. The Labute approximate surface area is 124 Å². The van der Waals surface area contributed by atoms with Crippen molar-refractivity contribution in [3.05, 3.63) is 59.2 Å². The molecule has 0 radical (unpaired) electrons. The number of hydrogen-bond donors (Lipinski definition) is 2. The molecule has 2 aromatic carbocycles. The smallest absolute Gasteiger partial charge is 0.170 e. The lowest BCUT2D eigenvalue weighted by Gasteiger charge is -2.11. The Balaban J connectivity index is 2.24. The molecule has 0 heterocycles. The van der Waals surface area contributed by atoms with E-state index in [0.717, 1.165) is 17.1 Å². The van der Waals surface area contributed by atoms with E-state index in [1.807, 2.05) is 37.3 Å². The first kappa shape index (κ1) is 14.9. The summed E-state index contributed by atoms with van der Waals surface area (Å²) in [6, 6.07) is 13.5. The number of nitrogens with two attached hydrogens (primary N) is 1. The van der Waals surface area contributed by atoms with Crippen molar-refractivity contribution < 1.29 is 9.94 Å². The highest BCUT2D eigenvalue weighted by molar-refractivity contribution is 5.98. The highest BCUT2D eigenvalue weighted by Gasteiger charge is 2.07. The van der Waals surface area contributed by atoms with Crippen LogP contribution in [0.4, 0.5) is 0 Å². The zero-order valence-electron chi connectivity index (χ0n) is 12.5. The maximum atomic E-state index is 8.73. The monoisotopic (exact) mass is 284 g/mol. The lowest BCUT2D eigenvalue weighted by Crippen LogP contribution is -2.14. The molecule has 0 atom stereocenters. The Morgan fingerprint density at radius 1 is 1.14 bits per heavy atom. The number of ether oxygens (including phenoxy) is 1. The van der Waals surface area contributed by atoms with E-state index < -0.39 is 0 Å². The molecule has 3 N–H and O–H groups in total. The van der Waals surface area contributed by atoms with Crippen LogP contribution in [0.1, 0.15) is 36.5 Å². The number of oxime groups is 1. The van der Waals surface area contributed by atoms with E-state index in [-0.39, 0.29) is 5.84 Å². The van der Waals surface area contributed by atoms with Gasteiger partial charge in [-0.1, -0.05) is 31.1 Å². The minimum Gasteiger partial charge on any atom is -0.457 e. The van der Waals surface area contributed by atoms with Crippen molar-refractivity contribution >= 4 is 5.84 Å². The van der Waals surface area contributed by atoms with Crippen LogP contribution in [-0.4, -0.2) is 11.0 Å². The molecule has 0 saturated heterocycles. The van der Waals surface area contributed by atoms with Gasteiger partial charge in [-0.05, 0) is 54.3 Å². The highest BCUT2D eigenvalue weighted by Crippen LogP contribution is 2.26. The summed E-state index contributed by atoms with van der Waals surface area (Å²) >= 11 is 0. The Morgan fingerprint density at radius 3 is 2.48 bits per heavy atom. The van der Waals surface area contributed by atoms with Crippen LogP contribution in [-0.2, 0) is 0 Å². The molecular formula is C17H20N2O2. The van der Waals surface area contributed by atoms with Gasteiger partial charge in [0.05, 0.1) is 0 Å². The summed E-state index contributed by atoms with van der Waals surface area (Å²) in [4.78, 5) is 0. The summed E-state index contributed by atoms with van der Waals surface area (Å²) in [5, 5.41) is 11.7. The summed E-state index contributed by atoms with van der Waals surface area (Å²) < 4.78 is 5.88. The fourth-order valence-corrected chi connectivity index (χ4v) is 2.11. The largest absolute Gasteiger partial charge is 0.457 e. The quantitative estimate of drug-likeness (QED) is 0.386. The molecule has 0 unspecified atom stereocenters. The topological polar surface area (TPSA) is 67.8 Å². The van der Waals surface area contributed by atoms with Crippen LogP contribution in [0.2, 0.25) is 0 Å². The van der Waals surface area contributed by atoms with Crippen LogP contribution in [0.15, 0.2) is 47.6 Å². The normalized spacial score (nSPS) is 11.7. The maximum Gasteiger partial charge on any atom is 0.170 e. The fraction of sp³-hybridized carbons (Fsp3) is 0.235. The minimum atomic E-state index is 0.0980. The molecule has 0 bridgehead atoms. The number of aryl methyl sites for hydroxylation is 1. The van der Waals surface area contributed by atoms with Crippen LogP contribution < -0.4 is 10.5 Å². The van der Waals surface area contributed by atoms with Crippen molar-refractivity contribution in [1.82, 2.24) is 0 Å². The van der Waals surface area contributed by atoms with Crippen molar-refractivity contribution in [3.63, 3.8) is 0 Å². The number of benzene rings is 2. The van der Waals surface area contributed by atoms with E-state index >= 15 is 0 Å².